The van der Waals surface area contributed by atoms with Crippen LogP contribution in [0.25, 0.3) is 0 Å². The largest absolute Gasteiger partial charge is 0.0786 e. The first-order valence-electron chi connectivity index (χ1n) is 7.12. The molecule has 0 heterocycles. The molecule has 0 aromatic heterocycles. The number of hydrogen-bond donors (Lipinski definition) is 0. The van der Waals surface area contributed by atoms with Crippen molar-refractivity contribution in [2.75, 3.05) is 0 Å². The second kappa shape index (κ2) is 5.73. The van der Waals surface area contributed by atoms with E-state index in [0.717, 1.165) is 0 Å². The van der Waals surface area contributed by atoms with Crippen LogP contribution in [0.4, 0.5) is 0 Å². The molecule has 0 saturated heterocycles. The molecule has 0 amide bonds. The summed E-state index contributed by atoms with van der Waals surface area (Å²) in [6, 6.07) is 8.81. The quantitative estimate of drug-likeness (QED) is 0.590. The summed E-state index contributed by atoms with van der Waals surface area (Å²) in [6.45, 7) is 13.3. The van der Waals surface area contributed by atoms with Crippen molar-refractivity contribution in [2.45, 2.75) is 46.4 Å². The maximum atomic E-state index is 3.91. The second-order valence-corrected chi connectivity index (χ2v) is 6.73. The lowest BCUT2D eigenvalue weighted by molar-refractivity contribution is 1.05. The highest BCUT2D eigenvalue weighted by Crippen LogP contribution is 2.38. The fourth-order valence-electron chi connectivity index (χ4n) is 2.81. The van der Waals surface area contributed by atoms with E-state index < -0.39 is 0 Å². The van der Waals surface area contributed by atoms with Gasteiger partial charge < -0.3 is 0 Å². The van der Waals surface area contributed by atoms with E-state index in [1.54, 1.807) is 0 Å². The lowest BCUT2D eigenvalue weighted by atomic mass is 9.86. The van der Waals surface area contributed by atoms with Crippen LogP contribution in [0.2, 0.25) is 0 Å². The molecule has 0 N–H and O–H groups in total. The summed E-state index contributed by atoms with van der Waals surface area (Å²) in [6.07, 6.45) is 0. The van der Waals surface area contributed by atoms with Gasteiger partial charge in [0.2, 0.25) is 0 Å². The lowest BCUT2D eigenvalue weighted by Crippen LogP contribution is -2.05. The molecule has 2 aromatic carbocycles. The third-order valence-corrected chi connectivity index (χ3v) is 5.67. The Morgan fingerprint density at radius 1 is 0.650 bits per heavy atom. The highest BCUT2D eigenvalue weighted by Gasteiger charge is 2.19. The van der Waals surface area contributed by atoms with Gasteiger partial charge in [-0.25, -0.2) is 0 Å². The Morgan fingerprint density at radius 2 is 1.05 bits per heavy atom. The van der Waals surface area contributed by atoms with Gasteiger partial charge in [-0.05, 0) is 80.5 Å². The Bertz CT molecular complexity index is 607. The summed E-state index contributed by atoms with van der Waals surface area (Å²) in [5.74, 6) is 0. The molecule has 106 valence electrons. The van der Waals surface area contributed by atoms with E-state index in [9.17, 15) is 0 Å². The smallest absolute Gasteiger partial charge is 0.0649 e. The summed E-state index contributed by atoms with van der Waals surface area (Å²) < 4.78 is 0. The van der Waals surface area contributed by atoms with E-state index in [4.69, 9.17) is 0 Å². The third kappa shape index (κ3) is 2.56. The van der Waals surface area contributed by atoms with Crippen LogP contribution < -0.4 is 0 Å². The minimum absolute atomic E-state index is 0.265. The fraction of sp³-hybridized carbons (Fsp3) is 0.368. The molecule has 1 atom stereocenters. The zero-order valence-corrected chi connectivity index (χ0v) is 14.9. The molecule has 0 aliphatic carbocycles. The second-order valence-electron chi connectivity index (χ2n) is 5.81. The topological polar surface area (TPSA) is 0 Å². The predicted molar refractivity (Wildman–Crippen MR) is 92.1 cm³/mol. The minimum Gasteiger partial charge on any atom is -0.0786 e. The molecule has 20 heavy (non-hydrogen) atoms. The molecule has 0 bridgehead atoms. The summed E-state index contributed by atoms with van der Waals surface area (Å²) in [5.41, 5.74) is 11.1. The van der Waals surface area contributed by atoms with Crippen LogP contribution in [-0.2, 0) is 0 Å². The number of rotatable bonds is 2. The maximum absolute atomic E-state index is 3.91. The Balaban J connectivity index is 2.60. The standard InChI is InChI=1S/C19H23Br/c1-11-7-9-17(10-8-11)19(20)18-15(5)13(3)12(2)14(4)16(18)6/h7-10,19H,1-6H3. The van der Waals surface area contributed by atoms with Gasteiger partial charge in [-0.1, -0.05) is 45.8 Å². The molecule has 2 aromatic rings. The van der Waals surface area contributed by atoms with Crippen molar-refractivity contribution >= 4 is 15.9 Å². The zero-order chi connectivity index (χ0) is 15.0. The van der Waals surface area contributed by atoms with Gasteiger partial charge >= 0.3 is 0 Å². The number of halogens is 1. The van der Waals surface area contributed by atoms with Crippen molar-refractivity contribution in [3.05, 3.63) is 68.8 Å². The van der Waals surface area contributed by atoms with Crippen molar-refractivity contribution in [3.63, 3.8) is 0 Å². The average molecular weight is 331 g/mol. The summed E-state index contributed by atoms with van der Waals surface area (Å²) in [7, 11) is 0. The summed E-state index contributed by atoms with van der Waals surface area (Å²) in [4.78, 5) is 0.265. The van der Waals surface area contributed by atoms with Gasteiger partial charge in [-0.2, -0.15) is 0 Å². The van der Waals surface area contributed by atoms with Crippen LogP contribution >= 0.6 is 15.9 Å². The SMILES string of the molecule is Cc1ccc(C(Br)c2c(C)c(C)c(C)c(C)c2C)cc1. The van der Waals surface area contributed by atoms with Gasteiger partial charge in [0.05, 0.1) is 4.83 Å². The Hall–Kier alpha value is -1.08. The number of alkyl halides is 1. The molecular weight excluding hydrogens is 308 g/mol. The van der Waals surface area contributed by atoms with Crippen LogP contribution in [0.5, 0.6) is 0 Å². The monoisotopic (exact) mass is 330 g/mol. The molecule has 0 radical (unpaired) electrons. The molecule has 0 aliphatic rings. The number of hydrogen-bond acceptors (Lipinski definition) is 0. The number of benzene rings is 2. The average Bonchev–Trinajstić information content (AvgIpc) is 2.44. The van der Waals surface area contributed by atoms with E-state index >= 15 is 0 Å². The molecule has 0 nitrogen and oxygen atoms in total. The normalized spacial score (nSPS) is 12.6. The predicted octanol–water partition coefficient (Wildman–Crippen LogP) is 6.02. The molecular formula is C19H23Br. The first kappa shape index (κ1) is 15.3. The van der Waals surface area contributed by atoms with E-state index in [2.05, 4.69) is 81.7 Å². The van der Waals surface area contributed by atoms with Crippen LogP contribution in [0, 0.1) is 41.5 Å². The molecule has 1 unspecified atom stereocenters. The summed E-state index contributed by atoms with van der Waals surface area (Å²) >= 11 is 3.91. The maximum Gasteiger partial charge on any atom is 0.0649 e. The first-order chi connectivity index (χ1) is 9.34. The molecule has 0 spiro atoms. The van der Waals surface area contributed by atoms with Crippen molar-refractivity contribution in [1.29, 1.82) is 0 Å². The highest BCUT2D eigenvalue weighted by atomic mass is 79.9. The summed E-state index contributed by atoms with van der Waals surface area (Å²) in [5, 5.41) is 0. The van der Waals surface area contributed by atoms with Gasteiger partial charge in [0.15, 0.2) is 0 Å². The van der Waals surface area contributed by atoms with Gasteiger partial charge in [0.1, 0.15) is 0 Å². The first-order valence-corrected chi connectivity index (χ1v) is 8.03. The fourth-order valence-corrected chi connectivity index (χ4v) is 3.80. The van der Waals surface area contributed by atoms with Gasteiger partial charge in [-0.15, -0.1) is 0 Å². The van der Waals surface area contributed by atoms with Gasteiger partial charge in [0.25, 0.3) is 0 Å². The number of aryl methyl sites for hydroxylation is 1. The lowest BCUT2D eigenvalue weighted by Gasteiger charge is -2.22. The zero-order valence-electron chi connectivity index (χ0n) is 13.3. The van der Waals surface area contributed by atoms with E-state index in [0.29, 0.717) is 0 Å². The van der Waals surface area contributed by atoms with E-state index in [1.165, 1.54) is 44.5 Å². The minimum atomic E-state index is 0.265. The van der Waals surface area contributed by atoms with Crippen LogP contribution in [0.15, 0.2) is 24.3 Å². The highest BCUT2D eigenvalue weighted by molar-refractivity contribution is 9.09. The molecule has 0 aliphatic heterocycles. The van der Waals surface area contributed by atoms with E-state index in [-0.39, 0.29) is 4.83 Å². The van der Waals surface area contributed by atoms with Gasteiger partial charge in [0, 0.05) is 0 Å². The van der Waals surface area contributed by atoms with Crippen molar-refractivity contribution in [3.8, 4) is 0 Å². The van der Waals surface area contributed by atoms with Crippen LogP contribution in [0.3, 0.4) is 0 Å². The Kier molecular flexibility index (Phi) is 4.39. The van der Waals surface area contributed by atoms with Crippen molar-refractivity contribution in [2.24, 2.45) is 0 Å². The van der Waals surface area contributed by atoms with Crippen molar-refractivity contribution < 1.29 is 0 Å². The molecule has 1 heteroatoms. The van der Waals surface area contributed by atoms with Crippen molar-refractivity contribution in [1.82, 2.24) is 0 Å². The molecule has 0 saturated carbocycles. The third-order valence-electron chi connectivity index (χ3n) is 4.68. The Morgan fingerprint density at radius 3 is 1.50 bits per heavy atom. The van der Waals surface area contributed by atoms with Crippen LogP contribution in [-0.4, -0.2) is 0 Å². The van der Waals surface area contributed by atoms with Gasteiger partial charge in [-0.3, -0.25) is 0 Å². The van der Waals surface area contributed by atoms with E-state index in [1.807, 2.05) is 0 Å². The molecule has 0 fully saturated rings. The Labute approximate surface area is 131 Å². The molecule has 2 rings (SSSR count). The van der Waals surface area contributed by atoms with Crippen LogP contribution in [0.1, 0.15) is 49.3 Å².